The SMILES string of the molecule is COc1ccccc1-c1ccc2ncnc(N3CCN(C)CC3)c2c1. The Balaban J connectivity index is 1.80. The summed E-state index contributed by atoms with van der Waals surface area (Å²) in [5.41, 5.74) is 3.18. The van der Waals surface area contributed by atoms with Crippen molar-refractivity contribution in [2.45, 2.75) is 0 Å². The minimum atomic E-state index is 0.875. The Morgan fingerprint density at radius 2 is 1.76 bits per heavy atom. The molecular formula is C20H22N4O. The van der Waals surface area contributed by atoms with Crippen LogP contribution in [-0.2, 0) is 0 Å². The minimum Gasteiger partial charge on any atom is -0.496 e. The molecular weight excluding hydrogens is 312 g/mol. The largest absolute Gasteiger partial charge is 0.496 e. The number of nitrogens with zero attached hydrogens (tertiary/aromatic N) is 4. The molecule has 0 atom stereocenters. The normalized spacial score (nSPS) is 15.5. The number of methoxy groups -OCH3 is 1. The number of benzene rings is 2. The standard InChI is InChI=1S/C20H22N4O/c1-23-9-11-24(12-10-23)20-17-13-15(7-8-18(17)21-14-22-20)16-5-3-4-6-19(16)25-2/h3-8,13-14H,9-12H2,1-2H3. The second-order valence-electron chi connectivity index (χ2n) is 6.42. The number of para-hydroxylation sites is 1. The van der Waals surface area contributed by atoms with E-state index in [1.54, 1.807) is 13.4 Å². The van der Waals surface area contributed by atoms with E-state index in [2.05, 4.69) is 51.1 Å². The molecule has 5 nitrogen and oxygen atoms in total. The minimum absolute atomic E-state index is 0.875. The van der Waals surface area contributed by atoms with Gasteiger partial charge in [0.25, 0.3) is 0 Å². The third-order valence-corrected chi connectivity index (χ3v) is 4.84. The van der Waals surface area contributed by atoms with Crippen molar-refractivity contribution in [2.24, 2.45) is 0 Å². The molecule has 0 N–H and O–H groups in total. The number of rotatable bonds is 3. The van der Waals surface area contributed by atoms with Crippen molar-refractivity contribution in [3.05, 3.63) is 48.8 Å². The van der Waals surface area contributed by atoms with Crippen molar-refractivity contribution in [1.82, 2.24) is 14.9 Å². The molecule has 0 radical (unpaired) electrons. The molecule has 1 aliphatic heterocycles. The van der Waals surface area contributed by atoms with Gasteiger partial charge in [-0.15, -0.1) is 0 Å². The van der Waals surface area contributed by atoms with E-state index >= 15 is 0 Å². The average molecular weight is 334 g/mol. The predicted octanol–water partition coefficient (Wildman–Crippen LogP) is 3.06. The van der Waals surface area contributed by atoms with Crippen molar-refractivity contribution in [2.75, 3.05) is 45.2 Å². The van der Waals surface area contributed by atoms with E-state index in [1.807, 2.05) is 18.2 Å². The first-order valence-electron chi connectivity index (χ1n) is 8.58. The number of aromatic nitrogens is 2. The average Bonchev–Trinajstić information content (AvgIpc) is 2.68. The van der Waals surface area contributed by atoms with Crippen molar-refractivity contribution in [3.63, 3.8) is 0 Å². The van der Waals surface area contributed by atoms with Crippen LogP contribution in [0.15, 0.2) is 48.8 Å². The molecule has 1 aliphatic rings. The zero-order valence-electron chi connectivity index (χ0n) is 14.6. The van der Waals surface area contributed by atoms with E-state index in [1.165, 1.54) is 0 Å². The van der Waals surface area contributed by atoms with Crippen LogP contribution in [0.25, 0.3) is 22.0 Å². The van der Waals surface area contributed by atoms with Crippen LogP contribution in [0.1, 0.15) is 0 Å². The molecule has 0 amide bonds. The number of hydrogen-bond acceptors (Lipinski definition) is 5. The van der Waals surface area contributed by atoms with Gasteiger partial charge in [-0.05, 0) is 30.8 Å². The molecule has 0 aliphatic carbocycles. The predicted molar refractivity (Wildman–Crippen MR) is 101 cm³/mol. The van der Waals surface area contributed by atoms with Crippen LogP contribution in [0.4, 0.5) is 5.82 Å². The van der Waals surface area contributed by atoms with E-state index in [0.717, 1.165) is 59.8 Å². The molecule has 1 saturated heterocycles. The van der Waals surface area contributed by atoms with Gasteiger partial charge >= 0.3 is 0 Å². The van der Waals surface area contributed by atoms with E-state index in [-0.39, 0.29) is 0 Å². The molecule has 5 heteroatoms. The van der Waals surface area contributed by atoms with Crippen LogP contribution in [-0.4, -0.2) is 55.2 Å². The number of ether oxygens (including phenoxy) is 1. The van der Waals surface area contributed by atoms with Crippen molar-refractivity contribution in [1.29, 1.82) is 0 Å². The molecule has 2 aromatic carbocycles. The molecule has 4 rings (SSSR count). The number of anilines is 1. The summed E-state index contributed by atoms with van der Waals surface area (Å²) >= 11 is 0. The third kappa shape index (κ3) is 3.03. The van der Waals surface area contributed by atoms with Gasteiger partial charge in [0.15, 0.2) is 0 Å². The molecule has 0 saturated carbocycles. The fraction of sp³-hybridized carbons (Fsp3) is 0.300. The molecule has 3 aromatic rings. The monoisotopic (exact) mass is 334 g/mol. The lowest BCUT2D eigenvalue weighted by molar-refractivity contribution is 0.312. The highest BCUT2D eigenvalue weighted by atomic mass is 16.5. The Labute approximate surface area is 147 Å². The van der Waals surface area contributed by atoms with Gasteiger partial charge in [0.1, 0.15) is 17.9 Å². The lowest BCUT2D eigenvalue weighted by Gasteiger charge is -2.33. The topological polar surface area (TPSA) is 41.5 Å². The fourth-order valence-electron chi connectivity index (χ4n) is 3.36. The van der Waals surface area contributed by atoms with Gasteiger partial charge in [0, 0.05) is 37.1 Å². The zero-order chi connectivity index (χ0) is 17.2. The smallest absolute Gasteiger partial charge is 0.139 e. The maximum Gasteiger partial charge on any atom is 0.139 e. The number of hydrogen-bond donors (Lipinski definition) is 0. The number of fused-ring (bicyclic) bond motifs is 1. The second kappa shape index (κ2) is 6.69. The highest BCUT2D eigenvalue weighted by Crippen LogP contribution is 2.33. The van der Waals surface area contributed by atoms with Gasteiger partial charge < -0.3 is 14.5 Å². The maximum atomic E-state index is 5.52. The molecule has 2 heterocycles. The Morgan fingerprint density at radius 3 is 2.56 bits per heavy atom. The Bertz CT molecular complexity index is 888. The third-order valence-electron chi connectivity index (χ3n) is 4.84. The van der Waals surface area contributed by atoms with E-state index in [4.69, 9.17) is 4.74 Å². The zero-order valence-corrected chi connectivity index (χ0v) is 14.6. The Kier molecular flexibility index (Phi) is 4.24. The summed E-state index contributed by atoms with van der Waals surface area (Å²) in [6.07, 6.45) is 1.67. The Morgan fingerprint density at radius 1 is 0.960 bits per heavy atom. The van der Waals surface area contributed by atoms with E-state index < -0.39 is 0 Å². The van der Waals surface area contributed by atoms with Crippen LogP contribution in [0.3, 0.4) is 0 Å². The molecule has 0 bridgehead atoms. The first-order valence-corrected chi connectivity index (χ1v) is 8.58. The van der Waals surface area contributed by atoms with Crippen LogP contribution in [0.2, 0.25) is 0 Å². The molecule has 1 fully saturated rings. The van der Waals surface area contributed by atoms with Crippen molar-refractivity contribution < 1.29 is 4.74 Å². The molecule has 0 unspecified atom stereocenters. The summed E-state index contributed by atoms with van der Waals surface area (Å²) in [6.45, 7) is 4.08. The van der Waals surface area contributed by atoms with Gasteiger partial charge in [-0.2, -0.15) is 0 Å². The Hall–Kier alpha value is -2.66. The summed E-state index contributed by atoms with van der Waals surface area (Å²) < 4.78 is 5.52. The van der Waals surface area contributed by atoms with Crippen molar-refractivity contribution >= 4 is 16.7 Å². The number of likely N-dealkylation sites (N-methyl/N-ethyl adjacent to an activating group) is 1. The summed E-state index contributed by atoms with van der Waals surface area (Å²) in [7, 11) is 3.87. The van der Waals surface area contributed by atoms with Gasteiger partial charge in [-0.25, -0.2) is 9.97 Å². The molecule has 25 heavy (non-hydrogen) atoms. The fourth-order valence-corrected chi connectivity index (χ4v) is 3.36. The maximum absolute atomic E-state index is 5.52. The molecule has 0 spiro atoms. The van der Waals surface area contributed by atoms with E-state index in [9.17, 15) is 0 Å². The summed E-state index contributed by atoms with van der Waals surface area (Å²) in [4.78, 5) is 13.8. The van der Waals surface area contributed by atoms with Crippen LogP contribution in [0, 0.1) is 0 Å². The van der Waals surface area contributed by atoms with Gasteiger partial charge in [-0.3, -0.25) is 0 Å². The first kappa shape index (κ1) is 15.8. The second-order valence-corrected chi connectivity index (χ2v) is 6.42. The summed E-state index contributed by atoms with van der Waals surface area (Å²) in [5, 5.41) is 1.09. The lowest BCUT2D eigenvalue weighted by atomic mass is 10.0. The van der Waals surface area contributed by atoms with E-state index in [0.29, 0.717) is 0 Å². The number of piperazine rings is 1. The van der Waals surface area contributed by atoms with Crippen LogP contribution < -0.4 is 9.64 Å². The van der Waals surface area contributed by atoms with Gasteiger partial charge in [-0.1, -0.05) is 24.3 Å². The van der Waals surface area contributed by atoms with Crippen LogP contribution >= 0.6 is 0 Å². The summed E-state index contributed by atoms with van der Waals surface area (Å²) in [6, 6.07) is 14.4. The van der Waals surface area contributed by atoms with Gasteiger partial charge in [0.2, 0.25) is 0 Å². The highest BCUT2D eigenvalue weighted by Gasteiger charge is 2.18. The highest BCUT2D eigenvalue weighted by molar-refractivity contribution is 5.93. The summed E-state index contributed by atoms with van der Waals surface area (Å²) in [5.74, 6) is 1.90. The van der Waals surface area contributed by atoms with Gasteiger partial charge in [0.05, 0.1) is 12.6 Å². The quantitative estimate of drug-likeness (QED) is 0.736. The first-order chi connectivity index (χ1) is 12.3. The molecule has 128 valence electrons. The lowest BCUT2D eigenvalue weighted by Crippen LogP contribution is -2.44. The molecule has 1 aromatic heterocycles. The van der Waals surface area contributed by atoms with Crippen LogP contribution in [0.5, 0.6) is 5.75 Å². The van der Waals surface area contributed by atoms with Crippen molar-refractivity contribution in [3.8, 4) is 16.9 Å².